The Labute approximate surface area is 137 Å². The van der Waals surface area contributed by atoms with Crippen molar-refractivity contribution in [3.63, 3.8) is 0 Å². The molecule has 9 heteroatoms. The summed E-state index contributed by atoms with van der Waals surface area (Å²) in [6.07, 6.45) is 1.79. The number of nitrogens with zero attached hydrogens (tertiary/aromatic N) is 4. The van der Waals surface area contributed by atoms with Crippen molar-refractivity contribution < 1.29 is 13.2 Å². The SMILES string of the molecule is CCN(CC)C(=O)[C@@H]1C[C@H](N)CN1S(=O)(=O)c1ccnn1CC. The minimum atomic E-state index is -3.81. The fraction of sp³-hybridized carbons (Fsp3) is 0.714. The second kappa shape index (κ2) is 6.98. The molecule has 0 saturated carbocycles. The predicted octanol–water partition coefficient (Wildman–Crippen LogP) is -0.138. The zero-order chi connectivity index (χ0) is 17.2. The van der Waals surface area contributed by atoms with Gasteiger partial charge in [-0.05, 0) is 33.3 Å². The first kappa shape index (κ1) is 17.9. The van der Waals surface area contributed by atoms with Crippen LogP contribution in [0.2, 0.25) is 0 Å². The van der Waals surface area contributed by atoms with Gasteiger partial charge in [0, 0.05) is 32.2 Å². The second-order valence-electron chi connectivity index (χ2n) is 5.58. The number of carbonyl (C=O) groups excluding carboxylic acids is 1. The van der Waals surface area contributed by atoms with Crippen molar-refractivity contribution in [1.82, 2.24) is 19.0 Å². The van der Waals surface area contributed by atoms with Crippen LogP contribution in [0.1, 0.15) is 27.2 Å². The fourth-order valence-electron chi connectivity index (χ4n) is 2.97. The van der Waals surface area contributed by atoms with E-state index in [4.69, 9.17) is 5.73 Å². The van der Waals surface area contributed by atoms with Crippen LogP contribution in [0.25, 0.3) is 0 Å². The van der Waals surface area contributed by atoms with Gasteiger partial charge in [0.05, 0.1) is 6.20 Å². The molecule has 2 N–H and O–H groups in total. The third-order valence-electron chi connectivity index (χ3n) is 4.20. The number of aromatic nitrogens is 2. The molecule has 1 aromatic heterocycles. The topological polar surface area (TPSA) is 102 Å². The molecule has 2 rings (SSSR count). The second-order valence-corrected chi connectivity index (χ2v) is 7.42. The number of aryl methyl sites for hydroxylation is 1. The Bertz CT molecular complexity index is 653. The van der Waals surface area contributed by atoms with Gasteiger partial charge in [-0.1, -0.05) is 0 Å². The Morgan fingerprint density at radius 3 is 2.61 bits per heavy atom. The first-order valence-corrected chi connectivity index (χ1v) is 9.38. The molecule has 1 amide bonds. The van der Waals surface area contributed by atoms with E-state index in [9.17, 15) is 13.2 Å². The van der Waals surface area contributed by atoms with Gasteiger partial charge in [-0.3, -0.25) is 9.48 Å². The molecular formula is C14H25N5O3S. The maximum absolute atomic E-state index is 13.0. The van der Waals surface area contributed by atoms with Gasteiger partial charge in [-0.25, -0.2) is 8.42 Å². The molecule has 1 aromatic rings. The lowest BCUT2D eigenvalue weighted by molar-refractivity contribution is -0.134. The lowest BCUT2D eigenvalue weighted by Gasteiger charge is -2.28. The highest BCUT2D eigenvalue weighted by atomic mass is 32.2. The van der Waals surface area contributed by atoms with E-state index in [0.29, 0.717) is 26.1 Å². The van der Waals surface area contributed by atoms with Crippen LogP contribution >= 0.6 is 0 Å². The molecule has 2 heterocycles. The minimum absolute atomic E-state index is 0.103. The summed E-state index contributed by atoms with van der Waals surface area (Å²) in [6, 6.07) is 0.379. The van der Waals surface area contributed by atoms with Crippen LogP contribution in [0.4, 0.5) is 0 Å². The molecule has 1 aliphatic rings. The van der Waals surface area contributed by atoms with Gasteiger partial charge in [0.25, 0.3) is 10.0 Å². The summed E-state index contributed by atoms with van der Waals surface area (Å²) in [6.45, 7) is 7.25. The van der Waals surface area contributed by atoms with Crippen LogP contribution in [-0.2, 0) is 21.4 Å². The number of likely N-dealkylation sites (N-methyl/N-ethyl adjacent to an activating group) is 1. The summed E-state index contributed by atoms with van der Waals surface area (Å²) in [7, 11) is -3.81. The Hall–Kier alpha value is -1.45. The molecule has 2 atom stereocenters. The van der Waals surface area contributed by atoms with Crippen LogP contribution in [0, 0.1) is 0 Å². The van der Waals surface area contributed by atoms with E-state index in [2.05, 4.69) is 5.10 Å². The highest BCUT2D eigenvalue weighted by Gasteiger charge is 2.44. The van der Waals surface area contributed by atoms with Gasteiger partial charge < -0.3 is 10.6 Å². The van der Waals surface area contributed by atoms with Gasteiger partial charge >= 0.3 is 0 Å². The van der Waals surface area contributed by atoms with Crippen molar-refractivity contribution >= 4 is 15.9 Å². The van der Waals surface area contributed by atoms with Crippen molar-refractivity contribution in [2.45, 2.75) is 50.8 Å². The Balaban J connectivity index is 2.37. The molecule has 1 saturated heterocycles. The molecule has 23 heavy (non-hydrogen) atoms. The van der Waals surface area contributed by atoms with Gasteiger partial charge in [-0.2, -0.15) is 9.40 Å². The quantitative estimate of drug-likeness (QED) is 0.775. The van der Waals surface area contributed by atoms with E-state index in [-0.39, 0.29) is 23.5 Å². The minimum Gasteiger partial charge on any atom is -0.342 e. The van der Waals surface area contributed by atoms with Crippen molar-refractivity contribution in [1.29, 1.82) is 0 Å². The van der Waals surface area contributed by atoms with E-state index in [0.717, 1.165) is 0 Å². The Kier molecular flexibility index (Phi) is 5.43. The summed E-state index contributed by atoms with van der Waals surface area (Å²) in [5, 5.41) is 4.12. The Morgan fingerprint density at radius 1 is 1.39 bits per heavy atom. The number of sulfonamides is 1. The zero-order valence-corrected chi connectivity index (χ0v) is 14.7. The van der Waals surface area contributed by atoms with Crippen LogP contribution in [-0.4, -0.2) is 65.0 Å². The average Bonchev–Trinajstić information content (AvgIpc) is 3.14. The molecule has 0 aliphatic carbocycles. The molecule has 1 fully saturated rings. The molecule has 8 nitrogen and oxygen atoms in total. The zero-order valence-electron chi connectivity index (χ0n) is 13.8. The molecule has 0 spiro atoms. The predicted molar refractivity (Wildman–Crippen MR) is 86.1 cm³/mol. The fourth-order valence-corrected chi connectivity index (χ4v) is 4.78. The van der Waals surface area contributed by atoms with Crippen molar-refractivity contribution in [2.75, 3.05) is 19.6 Å². The van der Waals surface area contributed by atoms with Gasteiger partial charge in [-0.15, -0.1) is 0 Å². The van der Waals surface area contributed by atoms with E-state index in [1.165, 1.54) is 21.3 Å². The van der Waals surface area contributed by atoms with Gasteiger partial charge in [0.15, 0.2) is 5.03 Å². The number of carbonyl (C=O) groups is 1. The van der Waals surface area contributed by atoms with E-state index >= 15 is 0 Å². The smallest absolute Gasteiger partial charge is 0.260 e. The van der Waals surface area contributed by atoms with E-state index < -0.39 is 16.1 Å². The molecule has 1 aliphatic heterocycles. The highest BCUT2D eigenvalue weighted by Crippen LogP contribution is 2.27. The lowest BCUT2D eigenvalue weighted by atomic mass is 10.1. The van der Waals surface area contributed by atoms with Gasteiger partial charge in [0.1, 0.15) is 6.04 Å². The molecule has 0 aromatic carbocycles. The third kappa shape index (κ3) is 3.26. The molecule has 130 valence electrons. The summed E-state index contributed by atoms with van der Waals surface area (Å²) in [5.41, 5.74) is 5.96. The van der Waals surface area contributed by atoms with Crippen LogP contribution in [0.15, 0.2) is 17.3 Å². The summed E-state index contributed by atoms with van der Waals surface area (Å²) < 4.78 is 28.6. The number of rotatable bonds is 6. The van der Waals surface area contributed by atoms with E-state index in [1.807, 2.05) is 20.8 Å². The molecule has 0 unspecified atom stereocenters. The first-order valence-electron chi connectivity index (χ1n) is 7.94. The monoisotopic (exact) mass is 343 g/mol. The number of hydrogen-bond acceptors (Lipinski definition) is 5. The Morgan fingerprint density at radius 2 is 2.04 bits per heavy atom. The van der Waals surface area contributed by atoms with Crippen LogP contribution < -0.4 is 5.73 Å². The van der Waals surface area contributed by atoms with Crippen molar-refractivity contribution in [3.05, 3.63) is 12.3 Å². The van der Waals surface area contributed by atoms with Crippen LogP contribution in [0.3, 0.4) is 0 Å². The van der Waals surface area contributed by atoms with E-state index in [1.54, 1.807) is 4.90 Å². The summed E-state index contributed by atoms with van der Waals surface area (Å²) in [4.78, 5) is 14.3. The number of hydrogen-bond donors (Lipinski definition) is 1. The standard InChI is InChI=1S/C14H25N5O3S/c1-4-17(5-2)14(20)12-9-11(15)10-19(12)23(21,22)13-7-8-16-18(13)6-3/h7-8,11-12H,4-6,9-10,15H2,1-3H3/t11-,12-/m0/s1. The largest absolute Gasteiger partial charge is 0.342 e. The number of nitrogens with two attached hydrogens (primary N) is 1. The summed E-state index contributed by atoms with van der Waals surface area (Å²) >= 11 is 0. The summed E-state index contributed by atoms with van der Waals surface area (Å²) in [5.74, 6) is -0.186. The average molecular weight is 343 g/mol. The highest BCUT2D eigenvalue weighted by molar-refractivity contribution is 7.89. The molecule has 0 bridgehead atoms. The molecular weight excluding hydrogens is 318 g/mol. The van der Waals surface area contributed by atoms with Crippen LogP contribution in [0.5, 0.6) is 0 Å². The maximum atomic E-state index is 13.0. The molecule has 0 radical (unpaired) electrons. The third-order valence-corrected chi connectivity index (χ3v) is 6.09. The van der Waals surface area contributed by atoms with Gasteiger partial charge in [0.2, 0.25) is 5.91 Å². The lowest BCUT2D eigenvalue weighted by Crippen LogP contribution is -2.48. The normalized spacial score (nSPS) is 22.4. The van der Waals surface area contributed by atoms with Crippen molar-refractivity contribution in [3.8, 4) is 0 Å². The first-order chi connectivity index (χ1) is 10.9. The number of amides is 1. The maximum Gasteiger partial charge on any atom is 0.260 e. The van der Waals surface area contributed by atoms with Crippen molar-refractivity contribution in [2.24, 2.45) is 5.73 Å².